The first kappa shape index (κ1) is 15.5. The van der Waals surface area contributed by atoms with Crippen molar-refractivity contribution in [2.75, 3.05) is 0 Å². The zero-order valence-corrected chi connectivity index (χ0v) is 14.1. The average Bonchev–Trinajstić information content (AvgIpc) is 2.96. The molecule has 1 N–H and O–H groups in total. The maximum absolute atomic E-state index is 12.5. The largest absolute Gasteiger partial charge is 0.493 e. The third-order valence-electron chi connectivity index (χ3n) is 4.20. The highest BCUT2D eigenvalue weighted by molar-refractivity contribution is 7.80. The normalized spacial score (nSPS) is 13.8. The van der Waals surface area contributed by atoms with E-state index in [-0.39, 0.29) is 18.2 Å². The number of benzene rings is 2. The van der Waals surface area contributed by atoms with Crippen molar-refractivity contribution in [2.24, 2.45) is 0 Å². The van der Waals surface area contributed by atoms with Crippen molar-refractivity contribution in [1.29, 1.82) is 0 Å². The summed E-state index contributed by atoms with van der Waals surface area (Å²) in [6, 6.07) is 18.9. The van der Waals surface area contributed by atoms with Crippen molar-refractivity contribution in [3.05, 3.63) is 77.5 Å². The van der Waals surface area contributed by atoms with Gasteiger partial charge in [0.05, 0.1) is 29.9 Å². The first-order valence-electron chi connectivity index (χ1n) is 7.90. The van der Waals surface area contributed by atoms with Gasteiger partial charge in [0.25, 0.3) is 0 Å². The smallest absolute Gasteiger partial charge is 0.234 e. The molecule has 1 amide bonds. The van der Waals surface area contributed by atoms with E-state index < -0.39 is 0 Å². The van der Waals surface area contributed by atoms with Gasteiger partial charge in [-0.05, 0) is 17.7 Å². The number of aromatic hydroxyl groups is 1. The summed E-state index contributed by atoms with van der Waals surface area (Å²) in [5.74, 6) is -0.143. The van der Waals surface area contributed by atoms with Crippen LogP contribution in [-0.4, -0.2) is 30.7 Å². The van der Waals surface area contributed by atoms with Gasteiger partial charge in [-0.15, -0.1) is 0 Å². The van der Waals surface area contributed by atoms with E-state index in [9.17, 15) is 9.90 Å². The molecule has 0 spiro atoms. The zero-order valence-electron chi connectivity index (χ0n) is 13.3. The zero-order chi connectivity index (χ0) is 17.4. The average molecular weight is 349 g/mol. The molecule has 3 aromatic rings. The number of hydrogen-bond donors (Lipinski definition) is 1. The van der Waals surface area contributed by atoms with Crippen LogP contribution < -0.4 is 0 Å². The number of nitrogens with zero attached hydrogens (tertiary/aromatic N) is 3. The monoisotopic (exact) mass is 349 g/mol. The van der Waals surface area contributed by atoms with Crippen molar-refractivity contribution in [1.82, 2.24) is 14.7 Å². The van der Waals surface area contributed by atoms with Gasteiger partial charge in [-0.3, -0.25) is 9.69 Å². The molecule has 1 aliphatic rings. The number of thiocarbonyl (C=S) groups is 1. The molecule has 5 nitrogen and oxygen atoms in total. The van der Waals surface area contributed by atoms with Crippen molar-refractivity contribution in [3.8, 4) is 11.6 Å². The molecule has 0 radical (unpaired) electrons. The number of para-hydroxylation sites is 1. The second-order valence-electron chi connectivity index (χ2n) is 5.84. The Balaban J connectivity index is 1.72. The molecule has 1 aliphatic heterocycles. The van der Waals surface area contributed by atoms with Crippen LogP contribution >= 0.6 is 12.2 Å². The van der Waals surface area contributed by atoms with E-state index in [0.29, 0.717) is 22.8 Å². The van der Waals surface area contributed by atoms with E-state index in [4.69, 9.17) is 12.2 Å². The summed E-state index contributed by atoms with van der Waals surface area (Å²) in [5.41, 5.74) is 2.69. The minimum absolute atomic E-state index is 0.0308. The molecular formula is C19H15N3O2S. The Kier molecular flexibility index (Phi) is 3.82. The van der Waals surface area contributed by atoms with E-state index in [1.807, 2.05) is 60.7 Å². The van der Waals surface area contributed by atoms with Crippen LogP contribution in [0.4, 0.5) is 0 Å². The van der Waals surface area contributed by atoms with Gasteiger partial charge in [-0.25, -0.2) is 4.68 Å². The number of hydrogen-bond acceptors (Lipinski definition) is 4. The molecule has 0 aliphatic carbocycles. The Morgan fingerprint density at radius 1 is 1.04 bits per heavy atom. The van der Waals surface area contributed by atoms with E-state index in [1.165, 1.54) is 9.58 Å². The lowest BCUT2D eigenvalue weighted by atomic mass is 10.1. The molecule has 124 valence electrons. The van der Waals surface area contributed by atoms with Crippen LogP contribution in [0.1, 0.15) is 16.8 Å². The molecule has 0 saturated heterocycles. The van der Waals surface area contributed by atoms with Gasteiger partial charge in [-0.2, -0.15) is 5.10 Å². The number of fused-ring (bicyclic) bond motifs is 1. The third-order valence-corrected chi connectivity index (χ3v) is 4.62. The van der Waals surface area contributed by atoms with Crippen LogP contribution in [0.15, 0.2) is 60.7 Å². The van der Waals surface area contributed by atoms with E-state index in [2.05, 4.69) is 5.10 Å². The standard InChI is InChI=1S/C19H15N3O2S/c23-16-11-15-17(18(24)22(20-15)14-9-5-2-6-10-14)19(25)21(16)12-13-7-3-1-4-8-13/h1-10,24H,11-12H2. The van der Waals surface area contributed by atoms with E-state index >= 15 is 0 Å². The SMILES string of the molecule is O=C1Cc2nn(-c3ccccc3)c(O)c2C(=S)N1Cc1ccccc1. The van der Waals surface area contributed by atoms with Gasteiger partial charge in [0.1, 0.15) is 4.99 Å². The minimum Gasteiger partial charge on any atom is -0.493 e. The molecule has 2 heterocycles. The molecule has 0 bridgehead atoms. The minimum atomic E-state index is -0.112. The highest BCUT2D eigenvalue weighted by atomic mass is 32.1. The fourth-order valence-electron chi connectivity index (χ4n) is 2.96. The van der Waals surface area contributed by atoms with Crippen molar-refractivity contribution < 1.29 is 9.90 Å². The first-order valence-corrected chi connectivity index (χ1v) is 8.31. The lowest BCUT2D eigenvalue weighted by Gasteiger charge is -2.27. The molecule has 0 saturated carbocycles. The lowest BCUT2D eigenvalue weighted by Crippen LogP contribution is -2.40. The van der Waals surface area contributed by atoms with Gasteiger partial charge in [0.15, 0.2) is 0 Å². The van der Waals surface area contributed by atoms with Gasteiger partial charge in [0, 0.05) is 0 Å². The summed E-state index contributed by atoms with van der Waals surface area (Å²) in [7, 11) is 0. The van der Waals surface area contributed by atoms with Crippen LogP contribution in [-0.2, 0) is 17.8 Å². The molecule has 6 heteroatoms. The van der Waals surface area contributed by atoms with Crippen LogP contribution in [0.3, 0.4) is 0 Å². The second-order valence-corrected chi connectivity index (χ2v) is 6.23. The molecular weight excluding hydrogens is 334 g/mol. The van der Waals surface area contributed by atoms with Crippen LogP contribution in [0.5, 0.6) is 5.88 Å². The summed E-state index contributed by atoms with van der Waals surface area (Å²) in [6.07, 6.45) is 0.121. The van der Waals surface area contributed by atoms with Crippen LogP contribution in [0, 0.1) is 0 Å². The molecule has 4 rings (SSSR count). The summed E-state index contributed by atoms with van der Waals surface area (Å²) in [6.45, 7) is 0.383. The lowest BCUT2D eigenvalue weighted by molar-refractivity contribution is -0.127. The van der Waals surface area contributed by atoms with Crippen molar-refractivity contribution >= 4 is 23.1 Å². The molecule has 1 aromatic heterocycles. The first-order chi connectivity index (χ1) is 12.1. The van der Waals surface area contributed by atoms with Crippen molar-refractivity contribution in [2.45, 2.75) is 13.0 Å². The number of rotatable bonds is 3. The summed E-state index contributed by atoms with van der Waals surface area (Å²) >= 11 is 5.50. The van der Waals surface area contributed by atoms with Crippen molar-refractivity contribution in [3.63, 3.8) is 0 Å². The van der Waals surface area contributed by atoms with E-state index in [0.717, 1.165) is 11.3 Å². The van der Waals surface area contributed by atoms with E-state index in [1.54, 1.807) is 0 Å². The summed E-state index contributed by atoms with van der Waals surface area (Å²) < 4.78 is 1.43. The number of aromatic nitrogens is 2. The van der Waals surface area contributed by atoms with Gasteiger partial charge >= 0.3 is 0 Å². The second kappa shape index (κ2) is 6.14. The quantitative estimate of drug-likeness (QED) is 0.739. The third kappa shape index (κ3) is 2.70. The van der Waals surface area contributed by atoms with Crippen LogP contribution in [0.2, 0.25) is 0 Å². The van der Waals surface area contributed by atoms with Gasteiger partial charge in [-0.1, -0.05) is 60.7 Å². The Morgan fingerprint density at radius 3 is 2.36 bits per heavy atom. The highest BCUT2D eigenvalue weighted by Gasteiger charge is 2.34. The Morgan fingerprint density at radius 2 is 1.68 bits per heavy atom. The highest BCUT2D eigenvalue weighted by Crippen LogP contribution is 2.31. The maximum Gasteiger partial charge on any atom is 0.234 e. The Labute approximate surface area is 150 Å². The summed E-state index contributed by atoms with van der Waals surface area (Å²) in [5, 5.41) is 15.0. The molecule has 25 heavy (non-hydrogen) atoms. The Hall–Kier alpha value is -2.99. The molecule has 2 aromatic carbocycles. The fraction of sp³-hybridized carbons (Fsp3) is 0.105. The molecule has 0 fully saturated rings. The number of amides is 1. The summed E-state index contributed by atoms with van der Waals surface area (Å²) in [4.78, 5) is 14.4. The maximum atomic E-state index is 12.5. The molecule has 0 unspecified atom stereocenters. The predicted octanol–water partition coefficient (Wildman–Crippen LogP) is 2.84. The predicted molar refractivity (Wildman–Crippen MR) is 97.6 cm³/mol. The number of carbonyl (C=O) groups excluding carboxylic acids is 1. The van der Waals surface area contributed by atoms with Gasteiger partial charge in [0.2, 0.25) is 11.8 Å². The number of carbonyl (C=O) groups is 1. The van der Waals surface area contributed by atoms with Gasteiger partial charge < -0.3 is 5.11 Å². The Bertz CT molecular complexity index is 952. The fourth-order valence-corrected chi connectivity index (χ4v) is 3.33. The van der Waals surface area contributed by atoms with Crippen LogP contribution in [0.25, 0.3) is 5.69 Å². The molecule has 0 atom stereocenters. The topological polar surface area (TPSA) is 58.4 Å².